The Morgan fingerprint density at radius 2 is 1.97 bits per heavy atom. The zero-order chi connectivity index (χ0) is 22.8. The molecule has 5 rings (SSSR count). The third kappa shape index (κ3) is 4.38. The first-order chi connectivity index (χ1) is 16.1. The van der Waals surface area contributed by atoms with Crippen molar-refractivity contribution in [1.82, 2.24) is 24.6 Å². The lowest BCUT2D eigenvalue weighted by Gasteiger charge is -2.38. The number of hydrogen-bond acceptors (Lipinski definition) is 8. The van der Waals surface area contributed by atoms with Crippen molar-refractivity contribution in [2.45, 2.75) is 18.9 Å². The molecule has 33 heavy (non-hydrogen) atoms. The highest BCUT2D eigenvalue weighted by Gasteiger charge is 2.25. The summed E-state index contributed by atoms with van der Waals surface area (Å²) in [5.41, 5.74) is 2.42. The van der Waals surface area contributed by atoms with E-state index in [0.29, 0.717) is 28.4 Å². The second-order valence-electron chi connectivity index (χ2n) is 7.95. The first-order valence-corrected chi connectivity index (χ1v) is 11.1. The number of anilines is 4. The van der Waals surface area contributed by atoms with Crippen molar-refractivity contribution >= 4 is 40.4 Å². The van der Waals surface area contributed by atoms with Gasteiger partial charge in [-0.05, 0) is 43.2 Å². The highest BCUT2D eigenvalue weighted by atomic mass is 35.5. The summed E-state index contributed by atoms with van der Waals surface area (Å²) in [4.78, 5) is 17.8. The SMILES string of the molecule is CN(c1nc(Nc2ccc3ccnn3c2)ncc1Cl)C1CCN(c2ccc(C#N)cn2)CC1. The highest BCUT2D eigenvalue weighted by molar-refractivity contribution is 6.32. The molecule has 5 heterocycles. The number of nitrogens with zero attached hydrogens (tertiary/aromatic N) is 8. The molecule has 0 amide bonds. The number of hydrogen-bond donors (Lipinski definition) is 1. The quantitative estimate of drug-likeness (QED) is 0.480. The van der Waals surface area contributed by atoms with Gasteiger partial charge in [-0.25, -0.2) is 14.5 Å². The van der Waals surface area contributed by atoms with Gasteiger partial charge in [0.05, 0.1) is 29.2 Å². The van der Waals surface area contributed by atoms with Crippen LogP contribution in [0.2, 0.25) is 5.02 Å². The van der Waals surface area contributed by atoms with Gasteiger partial charge in [-0.2, -0.15) is 15.3 Å². The maximum atomic E-state index is 8.96. The molecule has 0 atom stereocenters. The van der Waals surface area contributed by atoms with Crippen LogP contribution < -0.4 is 15.1 Å². The number of nitrogens with one attached hydrogen (secondary N) is 1. The predicted octanol–water partition coefficient (Wildman–Crippen LogP) is 3.89. The van der Waals surface area contributed by atoms with E-state index >= 15 is 0 Å². The van der Waals surface area contributed by atoms with Gasteiger partial charge in [-0.3, -0.25) is 0 Å². The van der Waals surface area contributed by atoms with Crippen LogP contribution in [-0.4, -0.2) is 50.7 Å². The predicted molar refractivity (Wildman–Crippen MR) is 128 cm³/mol. The van der Waals surface area contributed by atoms with Crippen LogP contribution in [0.5, 0.6) is 0 Å². The van der Waals surface area contributed by atoms with Gasteiger partial charge in [0, 0.05) is 38.6 Å². The van der Waals surface area contributed by atoms with Crippen molar-refractivity contribution in [2.24, 2.45) is 0 Å². The number of rotatable bonds is 5. The van der Waals surface area contributed by atoms with Crippen molar-refractivity contribution in [3.63, 3.8) is 0 Å². The number of piperidine rings is 1. The van der Waals surface area contributed by atoms with Crippen LogP contribution >= 0.6 is 11.6 Å². The molecule has 0 unspecified atom stereocenters. The van der Waals surface area contributed by atoms with Gasteiger partial charge in [0.15, 0.2) is 5.82 Å². The topological polar surface area (TPSA) is 98.3 Å². The third-order valence-corrected chi connectivity index (χ3v) is 6.19. The first-order valence-electron chi connectivity index (χ1n) is 10.7. The Labute approximate surface area is 196 Å². The van der Waals surface area contributed by atoms with E-state index in [1.807, 2.05) is 37.5 Å². The van der Waals surface area contributed by atoms with Gasteiger partial charge < -0.3 is 15.1 Å². The second kappa shape index (κ2) is 8.92. The summed E-state index contributed by atoms with van der Waals surface area (Å²) in [5.74, 6) is 2.08. The Balaban J connectivity index is 1.27. The molecule has 0 spiro atoms. The standard InChI is InChI=1S/C23H22ClN9/c1-31(18-7-10-32(11-8-18)21-5-2-16(12-25)13-26-21)22-20(24)14-27-23(30-22)29-17-3-4-19-6-9-28-33(19)15-17/h2-6,9,13-15,18H,7-8,10-11H2,1H3,(H,27,29,30). The maximum absolute atomic E-state index is 8.96. The number of aromatic nitrogens is 5. The van der Waals surface area contributed by atoms with Crippen LogP contribution in [0.15, 0.2) is 55.1 Å². The highest BCUT2D eigenvalue weighted by Crippen LogP contribution is 2.29. The molecular formula is C23H22ClN9. The number of halogens is 1. The Morgan fingerprint density at radius 3 is 2.73 bits per heavy atom. The summed E-state index contributed by atoms with van der Waals surface area (Å²) in [6, 6.07) is 12.0. The molecule has 4 aromatic heterocycles. The van der Waals surface area contributed by atoms with Gasteiger partial charge in [-0.15, -0.1) is 0 Å². The number of pyridine rings is 2. The molecule has 0 radical (unpaired) electrons. The van der Waals surface area contributed by atoms with Gasteiger partial charge in [0.25, 0.3) is 0 Å². The van der Waals surface area contributed by atoms with Crippen LogP contribution in [0.1, 0.15) is 18.4 Å². The number of fused-ring (bicyclic) bond motifs is 1. The van der Waals surface area contributed by atoms with E-state index in [2.05, 4.69) is 36.3 Å². The molecule has 0 aliphatic carbocycles. The van der Waals surface area contributed by atoms with Crippen molar-refractivity contribution in [1.29, 1.82) is 5.26 Å². The molecule has 0 saturated carbocycles. The van der Waals surface area contributed by atoms with E-state index in [1.54, 1.807) is 29.2 Å². The van der Waals surface area contributed by atoms with Crippen molar-refractivity contribution < 1.29 is 0 Å². The maximum Gasteiger partial charge on any atom is 0.229 e. The smallest absolute Gasteiger partial charge is 0.229 e. The van der Waals surface area contributed by atoms with E-state index < -0.39 is 0 Å². The van der Waals surface area contributed by atoms with Gasteiger partial charge in [-0.1, -0.05) is 11.6 Å². The lowest BCUT2D eigenvalue weighted by atomic mass is 10.0. The zero-order valence-electron chi connectivity index (χ0n) is 18.1. The van der Waals surface area contributed by atoms with Crippen LogP contribution in [0, 0.1) is 11.3 Å². The fraction of sp³-hybridized carbons (Fsp3) is 0.261. The van der Waals surface area contributed by atoms with Crippen molar-refractivity contribution in [3.05, 3.63) is 65.7 Å². The molecule has 1 saturated heterocycles. The fourth-order valence-corrected chi connectivity index (χ4v) is 4.30. The normalized spacial score (nSPS) is 14.3. The summed E-state index contributed by atoms with van der Waals surface area (Å²) in [6.45, 7) is 1.73. The minimum Gasteiger partial charge on any atom is -0.356 e. The Bertz CT molecular complexity index is 1300. The molecule has 4 aromatic rings. The molecule has 1 N–H and O–H groups in total. The van der Waals surface area contributed by atoms with Gasteiger partial charge >= 0.3 is 0 Å². The van der Waals surface area contributed by atoms with E-state index in [1.165, 1.54) is 0 Å². The average molecular weight is 460 g/mol. The summed E-state index contributed by atoms with van der Waals surface area (Å²) in [5, 5.41) is 17.0. The third-order valence-electron chi connectivity index (χ3n) is 5.92. The summed E-state index contributed by atoms with van der Waals surface area (Å²) >= 11 is 6.47. The van der Waals surface area contributed by atoms with Crippen molar-refractivity contribution in [3.8, 4) is 6.07 Å². The monoisotopic (exact) mass is 459 g/mol. The molecule has 1 aliphatic rings. The molecule has 1 fully saturated rings. The van der Waals surface area contributed by atoms with Crippen LogP contribution in [-0.2, 0) is 0 Å². The molecule has 9 nitrogen and oxygen atoms in total. The van der Waals surface area contributed by atoms with E-state index in [-0.39, 0.29) is 0 Å². The van der Waals surface area contributed by atoms with Crippen LogP contribution in [0.3, 0.4) is 0 Å². The summed E-state index contributed by atoms with van der Waals surface area (Å²) in [6.07, 6.45) is 8.78. The van der Waals surface area contributed by atoms with Crippen LogP contribution in [0.25, 0.3) is 5.52 Å². The lowest BCUT2D eigenvalue weighted by molar-refractivity contribution is 0.478. The Kier molecular flexibility index (Phi) is 5.67. The molecule has 10 heteroatoms. The Hall–Kier alpha value is -3.90. The molecule has 166 valence electrons. The summed E-state index contributed by atoms with van der Waals surface area (Å²) < 4.78 is 1.79. The zero-order valence-corrected chi connectivity index (χ0v) is 18.8. The second-order valence-corrected chi connectivity index (χ2v) is 8.36. The van der Waals surface area contributed by atoms with Gasteiger partial charge in [0.2, 0.25) is 5.95 Å². The van der Waals surface area contributed by atoms with E-state index in [9.17, 15) is 0 Å². The minimum absolute atomic E-state index is 0.292. The summed E-state index contributed by atoms with van der Waals surface area (Å²) in [7, 11) is 2.02. The largest absolute Gasteiger partial charge is 0.356 e. The van der Waals surface area contributed by atoms with Crippen molar-refractivity contribution in [2.75, 3.05) is 35.3 Å². The van der Waals surface area contributed by atoms with Gasteiger partial charge in [0.1, 0.15) is 16.9 Å². The average Bonchev–Trinajstić information content (AvgIpc) is 3.33. The molecular weight excluding hydrogens is 438 g/mol. The molecule has 0 bridgehead atoms. The fourth-order valence-electron chi connectivity index (χ4n) is 4.08. The Morgan fingerprint density at radius 1 is 1.12 bits per heavy atom. The number of nitriles is 1. The van der Waals surface area contributed by atoms with Crippen LogP contribution in [0.4, 0.5) is 23.3 Å². The van der Waals surface area contributed by atoms with E-state index in [4.69, 9.17) is 21.8 Å². The molecule has 1 aliphatic heterocycles. The molecule has 0 aromatic carbocycles. The first kappa shape index (κ1) is 21.0. The minimum atomic E-state index is 0.292. The lowest BCUT2D eigenvalue weighted by Crippen LogP contribution is -2.44. The van der Waals surface area contributed by atoms with E-state index in [0.717, 1.165) is 43.0 Å².